The highest BCUT2D eigenvalue weighted by Gasteiger charge is 2.43. The van der Waals surface area contributed by atoms with Gasteiger partial charge in [0.2, 0.25) is 5.91 Å². The zero-order valence-corrected chi connectivity index (χ0v) is 16.2. The third kappa shape index (κ3) is 4.83. The maximum absolute atomic E-state index is 12.7. The molecular formula is C20H30N2O4. The van der Waals surface area contributed by atoms with Crippen molar-refractivity contribution in [1.82, 2.24) is 10.6 Å². The summed E-state index contributed by atoms with van der Waals surface area (Å²) in [6, 6.07) is 6.62. The molecule has 1 aromatic carbocycles. The number of nitrogens with one attached hydrogen (secondary N) is 2. The molecule has 0 aliphatic heterocycles. The number of aryl methyl sites for hydroxylation is 1. The van der Waals surface area contributed by atoms with Gasteiger partial charge in [0, 0.05) is 19.3 Å². The zero-order chi connectivity index (χ0) is 19.3. The van der Waals surface area contributed by atoms with E-state index in [0.717, 1.165) is 5.56 Å². The summed E-state index contributed by atoms with van der Waals surface area (Å²) in [4.78, 5) is 25.2. The van der Waals surface area contributed by atoms with Gasteiger partial charge in [-0.3, -0.25) is 9.59 Å². The molecule has 26 heavy (non-hydrogen) atoms. The Morgan fingerprint density at radius 2 is 2.04 bits per heavy atom. The minimum atomic E-state index is -0.605. The van der Waals surface area contributed by atoms with Crippen LogP contribution in [0, 0.1) is 12.8 Å². The van der Waals surface area contributed by atoms with Gasteiger partial charge in [0.05, 0.1) is 12.1 Å². The molecule has 0 bridgehead atoms. The summed E-state index contributed by atoms with van der Waals surface area (Å²) >= 11 is 0. The van der Waals surface area contributed by atoms with Crippen molar-refractivity contribution in [2.45, 2.75) is 58.4 Å². The SMILES string of the molecule is CCO[C@@H]1C[C@H](NC(=O)[C@H](NC(=O)c2cccc(C)c2)C(C)C)[C@H]1OC. The van der Waals surface area contributed by atoms with Gasteiger partial charge in [0.15, 0.2) is 0 Å². The highest BCUT2D eigenvalue weighted by Crippen LogP contribution is 2.27. The molecule has 1 aromatic rings. The van der Waals surface area contributed by atoms with E-state index in [1.54, 1.807) is 13.2 Å². The summed E-state index contributed by atoms with van der Waals surface area (Å²) < 4.78 is 11.0. The van der Waals surface area contributed by atoms with Crippen LogP contribution in [-0.2, 0) is 14.3 Å². The Labute approximate surface area is 155 Å². The van der Waals surface area contributed by atoms with Crippen LogP contribution < -0.4 is 10.6 Å². The van der Waals surface area contributed by atoms with E-state index in [-0.39, 0.29) is 36.0 Å². The Bertz CT molecular complexity index is 632. The largest absolute Gasteiger partial charge is 0.377 e. The van der Waals surface area contributed by atoms with Crippen LogP contribution in [0.25, 0.3) is 0 Å². The number of rotatable bonds is 8. The maximum Gasteiger partial charge on any atom is 0.251 e. The summed E-state index contributed by atoms with van der Waals surface area (Å²) in [6.45, 7) is 8.32. The zero-order valence-electron chi connectivity index (χ0n) is 16.2. The Balaban J connectivity index is 1.98. The van der Waals surface area contributed by atoms with Crippen molar-refractivity contribution in [2.75, 3.05) is 13.7 Å². The molecule has 0 radical (unpaired) electrons. The van der Waals surface area contributed by atoms with Crippen molar-refractivity contribution >= 4 is 11.8 Å². The van der Waals surface area contributed by atoms with E-state index < -0.39 is 6.04 Å². The molecule has 6 nitrogen and oxygen atoms in total. The van der Waals surface area contributed by atoms with Crippen LogP contribution in [0.4, 0.5) is 0 Å². The monoisotopic (exact) mass is 362 g/mol. The molecule has 2 rings (SSSR count). The highest BCUT2D eigenvalue weighted by molar-refractivity contribution is 5.97. The van der Waals surface area contributed by atoms with Gasteiger partial charge < -0.3 is 20.1 Å². The second-order valence-electron chi connectivity index (χ2n) is 7.11. The molecule has 2 amide bonds. The number of methoxy groups -OCH3 is 1. The van der Waals surface area contributed by atoms with Gasteiger partial charge in [0.1, 0.15) is 12.1 Å². The molecule has 144 valence electrons. The Hall–Kier alpha value is -1.92. The molecule has 1 aliphatic carbocycles. The number of hydrogen-bond donors (Lipinski definition) is 2. The van der Waals surface area contributed by atoms with Crippen LogP contribution in [0.3, 0.4) is 0 Å². The van der Waals surface area contributed by atoms with Crippen molar-refractivity contribution in [3.63, 3.8) is 0 Å². The molecule has 1 aliphatic rings. The van der Waals surface area contributed by atoms with Gasteiger partial charge in [-0.2, -0.15) is 0 Å². The average Bonchev–Trinajstić information content (AvgIpc) is 2.58. The Morgan fingerprint density at radius 3 is 2.62 bits per heavy atom. The van der Waals surface area contributed by atoms with Crippen molar-refractivity contribution in [2.24, 2.45) is 5.92 Å². The summed E-state index contributed by atoms with van der Waals surface area (Å²) in [5, 5.41) is 5.86. The Morgan fingerprint density at radius 1 is 1.31 bits per heavy atom. The van der Waals surface area contributed by atoms with Gasteiger partial charge in [0.25, 0.3) is 5.91 Å². The number of hydrogen-bond acceptors (Lipinski definition) is 4. The van der Waals surface area contributed by atoms with Gasteiger partial charge in [-0.25, -0.2) is 0 Å². The smallest absolute Gasteiger partial charge is 0.251 e. The van der Waals surface area contributed by atoms with E-state index in [4.69, 9.17) is 9.47 Å². The van der Waals surface area contributed by atoms with Gasteiger partial charge in [-0.15, -0.1) is 0 Å². The first kappa shape index (κ1) is 20.4. The number of benzene rings is 1. The van der Waals surface area contributed by atoms with E-state index >= 15 is 0 Å². The van der Waals surface area contributed by atoms with E-state index in [9.17, 15) is 9.59 Å². The first-order chi connectivity index (χ1) is 12.4. The van der Waals surface area contributed by atoms with Crippen molar-refractivity contribution in [1.29, 1.82) is 0 Å². The number of carbonyl (C=O) groups excluding carboxylic acids is 2. The van der Waals surface area contributed by atoms with Crippen LogP contribution in [-0.4, -0.2) is 49.8 Å². The normalized spacial score (nSPS) is 23.2. The van der Waals surface area contributed by atoms with Crippen molar-refractivity contribution < 1.29 is 19.1 Å². The topological polar surface area (TPSA) is 76.7 Å². The molecule has 4 atom stereocenters. The quantitative estimate of drug-likeness (QED) is 0.742. The summed E-state index contributed by atoms with van der Waals surface area (Å²) in [6.07, 6.45) is 0.572. The van der Waals surface area contributed by atoms with Crippen LogP contribution in [0.15, 0.2) is 24.3 Å². The molecule has 1 fully saturated rings. The van der Waals surface area contributed by atoms with E-state index in [1.807, 2.05) is 45.9 Å². The second kappa shape index (κ2) is 9.14. The minimum absolute atomic E-state index is 0.00897. The molecule has 6 heteroatoms. The number of amides is 2. The van der Waals surface area contributed by atoms with E-state index in [2.05, 4.69) is 10.6 Å². The van der Waals surface area contributed by atoms with E-state index in [0.29, 0.717) is 18.6 Å². The molecular weight excluding hydrogens is 332 g/mol. The maximum atomic E-state index is 12.7. The van der Waals surface area contributed by atoms with Crippen LogP contribution in [0.2, 0.25) is 0 Å². The third-order valence-corrected chi connectivity index (χ3v) is 4.75. The molecule has 0 aromatic heterocycles. The fourth-order valence-electron chi connectivity index (χ4n) is 3.23. The fraction of sp³-hybridized carbons (Fsp3) is 0.600. The summed E-state index contributed by atoms with van der Waals surface area (Å²) in [5.74, 6) is -0.470. The highest BCUT2D eigenvalue weighted by atomic mass is 16.5. The standard InChI is InChI=1S/C20H30N2O4/c1-6-26-16-11-15(18(16)25-5)21-20(24)17(12(2)3)22-19(23)14-9-7-8-13(4)10-14/h7-10,12,15-18H,6,11H2,1-5H3,(H,21,24)(H,22,23)/t15-,16+,17+,18+/m0/s1. The predicted molar refractivity (Wildman–Crippen MR) is 100 cm³/mol. The van der Waals surface area contributed by atoms with E-state index in [1.165, 1.54) is 0 Å². The first-order valence-corrected chi connectivity index (χ1v) is 9.19. The lowest BCUT2D eigenvalue weighted by molar-refractivity contribution is -0.144. The molecule has 0 saturated heterocycles. The van der Waals surface area contributed by atoms with Crippen molar-refractivity contribution in [3.05, 3.63) is 35.4 Å². The molecule has 0 heterocycles. The first-order valence-electron chi connectivity index (χ1n) is 9.19. The van der Waals surface area contributed by atoms with Crippen LogP contribution >= 0.6 is 0 Å². The van der Waals surface area contributed by atoms with Crippen molar-refractivity contribution in [3.8, 4) is 0 Å². The molecule has 0 unspecified atom stereocenters. The summed E-state index contributed by atoms with van der Waals surface area (Å²) in [7, 11) is 1.62. The van der Waals surface area contributed by atoms with Gasteiger partial charge in [-0.1, -0.05) is 31.5 Å². The fourth-order valence-corrected chi connectivity index (χ4v) is 3.23. The van der Waals surface area contributed by atoms with Crippen LogP contribution in [0.5, 0.6) is 0 Å². The average molecular weight is 362 g/mol. The third-order valence-electron chi connectivity index (χ3n) is 4.75. The Kier molecular flexibility index (Phi) is 7.17. The lowest BCUT2D eigenvalue weighted by Crippen LogP contribution is -2.63. The van der Waals surface area contributed by atoms with Gasteiger partial charge in [-0.05, 0) is 38.3 Å². The second-order valence-corrected chi connectivity index (χ2v) is 7.11. The molecule has 1 saturated carbocycles. The number of ether oxygens (including phenoxy) is 2. The summed E-state index contributed by atoms with van der Waals surface area (Å²) in [5.41, 5.74) is 1.56. The molecule has 0 spiro atoms. The lowest BCUT2D eigenvalue weighted by atomic mass is 9.84. The lowest BCUT2D eigenvalue weighted by Gasteiger charge is -2.43. The van der Waals surface area contributed by atoms with Gasteiger partial charge >= 0.3 is 0 Å². The molecule has 2 N–H and O–H groups in total. The predicted octanol–water partition coefficient (Wildman–Crippen LogP) is 2.06. The minimum Gasteiger partial charge on any atom is -0.377 e. The van der Waals surface area contributed by atoms with Crippen LogP contribution in [0.1, 0.15) is 43.1 Å². The number of carbonyl (C=O) groups is 2.